The minimum absolute atomic E-state index is 0.0975. The summed E-state index contributed by atoms with van der Waals surface area (Å²) >= 11 is 1.26. The number of hydrogen-bond acceptors (Lipinski definition) is 4. The van der Waals surface area contributed by atoms with Crippen LogP contribution in [0.15, 0.2) is 18.3 Å². The van der Waals surface area contributed by atoms with E-state index >= 15 is 0 Å². The number of nitrogens with two attached hydrogens (primary N) is 1. The largest absolute Gasteiger partial charge is 0.383 e. The molecule has 0 fully saturated rings. The van der Waals surface area contributed by atoms with E-state index in [9.17, 15) is 9.18 Å². The van der Waals surface area contributed by atoms with E-state index in [0.717, 1.165) is 12.6 Å². The van der Waals surface area contributed by atoms with Gasteiger partial charge in [-0.25, -0.2) is 9.37 Å². The van der Waals surface area contributed by atoms with Gasteiger partial charge < -0.3 is 5.73 Å². The molecule has 2 N–H and O–H groups in total. The second-order valence-corrected chi connectivity index (χ2v) is 4.43. The number of allylic oxidation sites excluding steroid dienone is 1. The van der Waals surface area contributed by atoms with E-state index < -0.39 is 5.82 Å². The van der Waals surface area contributed by atoms with Crippen molar-refractivity contribution in [2.75, 3.05) is 11.5 Å². The number of nitrogens with zero attached hydrogens (tertiary/aromatic N) is 1. The smallest absolute Gasteiger partial charge is 0.185 e. The fourth-order valence-electron chi connectivity index (χ4n) is 1.08. The summed E-state index contributed by atoms with van der Waals surface area (Å²) in [5.74, 6) is 0.609. The fourth-order valence-corrected chi connectivity index (χ4v) is 1.62. The van der Waals surface area contributed by atoms with Crippen LogP contribution < -0.4 is 5.73 Å². The number of hydrogen-bond donors (Lipinski definition) is 1. The van der Waals surface area contributed by atoms with Crippen LogP contribution in [0, 0.1) is 5.82 Å². The average molecular weight is 240 g/mol. The Morgan fingerprint density at radius 1 is 1.69 bits per heavy atom. The van der Waals surface area contributed by atoms with Gasteiger partial charge in [0.25, 0.3) is 0 Å². The molecule has 0 bridgehead atoms. The summed E-state index contributed by atoms with van der Waals surface area (Å²) < 4.78 is 12.8. The summed E-state index contributed by atoms with van der Waals surface area (Å²) in [7, 11) is 0. The lowest BCUT2D eigenvalue weighted by Gasteiger charge is -1.98. The summed E-state index contributed by atoms with van der Waals surface area (Å²) in [5, 5.41) is 0.0975. The van der Waals surface area contributed by atoms with Crippen LogP contribution in [0.25, 0.3) is 6.08 Å². The van der Waals surface area contributed by atoms with E-state index in [4.69, 9.17) is 5.73 Å². The van der Waals surface area contributed by atoms with Crippen LogP contribution in [0.3, 0.4) is 0 Å². The van der Waals surface area contributed by atoms with E-state index in [1.54, 1.807) is 6.08 Å². The molecular weight excluding hydrogens is 227 g/mol. The Hall–Kier alpha value is -1.36. The molecular formula is C11H13FN2OS. The summed E-state index contributed by atoms with van der Waals surface area (Å²) in [4.78, 5) is 14.3. The van der Waals surface area contributed by atoms with Gasteiger partial charge in [0.05, 0.1) is 6.20 Å². The third kappa shape index (κ3) is 4.44. The molecule has 5 heteroatoms. The molecule has 0 saturated carbocycles. The van der Waals surface area contributed by atoms with Crippen LogP contribution >= 0.6 is 11.8 Å². The Morgan fingerprint density at radius 3 is 3.12 bits per heavy atom. The van der Waals surface area contributed by atoms with Crippen molar-refractivity contribution in [1.29, 1.82) is 0 Å². The Balaban J connectivity index is 2.49. The Bertz CT molecular complexity index is 407. The highest BCUT2D eigenvalue weighted by Crippen LogP contribution is 2.12. The molecule has 0 aliphatic rings. The normalized spacial score (nSPS) is 10.9. The molecule has 0 aliphatic carbocycles. The quantitative estimate of drug-likeness (QED) is 0.821. The molecule has 0 amide bonds. The zero-order chi connectivity index (χ0) is 12.0. The number of thioether (sulfide) groups is 1. The van der Waals surface area contributed by atoms with Gasteiger partial charge in [0.2, 0.25) is 0 Å². The number of nitrogen functional groups attached to an aromatic ring is 1. The zero-order valence-corrected chi connectivity index (χ0v) is 9.76. The minimum Gasteiger partial charge on any atom is -0.383 e. The van der Waals surface area contributed by atoms with Gasteiger partial charge in [-0.15, -0.1) is 0 Å². The van der Waals surface area contributed by atoms with Crippen molar-refractivity contribution < 1.29 is 9.18 Å². The zero-order valence-electron chi connectivity index (χ0n) is 8.94. The first-order chi connectivity index (χ1) is 7.59. The van der Waals surface area contributed by atoms with Crippen molar-refractivity contribution in [3.05, 3.63) is 29.7 Å². The van der Waals surface area contributed by atoms with Crippen LogP contribution in [0.5, 0.6) is 0 Å². The summed E-state index contributed by atoms with van der Waals surface area (Å²) in [6.45, 7) is 1.53. The second kappa shape index (κ2) is 6.27. The van der Waals surface area contributed by atoms with Crippen molar-refractivity contribution in [1.82, 2.24) is 4.98 Å². The molecule has 1 aromatic heterocycles. The number of aromatic nitrogens is 1. The Kier molecular flexibility index (Phi) is 4.98. The molecule has 3 nitrogen and oxygen atoms in total. The third-order valence-electron chi connectivity index (χ3n) is 1.80. The molecule has 0 radical (unpaired) electrons. The van der Waals surface area contributed by atoms with E-state index in [1.807, 2.05) is 6.08 Å². The standard InChI is InChI=1S/C11H13FN2OS/c1-8(15)16-5-3-2-4-9-6-10(12)7-14-11(9)13/h2,4,6-7H,3,5H2,1H3,(H2,13,14). The maximum atomic E-state index is 12.8. The number of carbonyl (C=O) groups is 1. The molecule has 0 atom stereocenters. The second-order valence-electron chi connectivity index (χ2n) is 3.16. The Morgan fingerprint density at radius 2 is 2.44 bits per heavy atom. The molecule has 0 saturated heterocycles. The number of rotatable bonds is 4. The SMILES string of the molecule is CC(=O)SCCC=Cc1cc(F)cnc1N. The number of pyridine rings is 1. The van der Waals surface area contributed by atoms with Gasteiger partial charge in [-0.2, -0.15) is 0 Å². The van der Waals surface area contributed by atoms with Crippen LogP contribution in [0.4, 0.5) is 10.2 Å². The van der Waals surface area contributed by atoms with Crippen LogP contribution in [0.2, 0.25) is 0 Å². The highest BCUT2D eigenvalue weighted by Gasteiger charge is 1.98. The van der Waals surface area contributed by atoms with E-state index in [1.165, 1.54) is 24.8 Å². The first kappa shape index (κ1) is 12.7. The maximum absolute atomic E-state index is 12.8. The maximum Gasteiger partial charge on any atom is 0.185 e. The van der Waals surface area contributed by atoms with Gasteiger partial charge in [0.15, 0.2) is 5.12 Å². The Labute approximate surface area is 97.9 Å². The molecule has 0 unspecified atom stereocenters. The lowest BCUT2D eigenvalue weighted by molar-refractivity contribution is -0.109. The molecule has 1 heterocycles. The van der Waals surface area contributed by atoms with Gasteiger partial charge in [-0.1, -0.05) is 23.9 Å². The predicted octanol–water partition coefficient (Wildman–Crippen LogP) is 2.49. The fraction of sp³-hybridized carbons (Fsp3) is 0.273. The lowest BCUT2D eigenvalue weighted by Crippen LogP contribution is -1.94. The number of anilines is 1. The van der Waals surface area contributed by atoms with Crippen LogP contribution in [0.1, 0.15) is 18.9 Å². The van der Waals surface area contributed by atoms with Crippen LogP contribution in [-0.2, 0) is 4.79 Å². The van der Waals surface area contributed by atoms with Crippen molar-refractivity contribution >= 4 is 28.8 Å². The van der Waals surface area contributed by atoms with Crippen molar-refractivity contribution in [2.45, 2.75) is 13.3 Å². The summed E-state index contributed by atoms with van der Waals surface area (Å²) in [6.07, 6.45) is 5.38. The predicted molar refractivity (Wildman–Crippen MR) is 65.4 cm³/mol. The van der Waals surface area contributed by atoms with Crippen molar-refractivity contribution in [3.63, 3.8) is 0 Å². The first-order valence-corrected chi connectivity index (χ1v) is 5.79. The van der Waals surface area contributed by atoms with Gasteiger partial charge in [0.1, 0.15) is 11.6 Å². The highest BCUT2D eigenvalue weighted by molar-refractivity contribution is 8.13. The van der Waals surface area contributed by atoms with Gasteiger partial charge >= 0.3 is 0 Å². The van der Waals surface area contributed by atoms with Crippen molar-refractivity contribution in [2.24, 2.45) is 0 Å². The molecule has 16 heavy (non-hydrogen) atoms. The molecule has 0 aliphatic heterocycles. The van der Waals surface area contributed by atoms with Crippen LogP contribution in [-0.4, -0.2) is 15.9 Å². The molecule has 0 aromatic carbocycles. The van der Waals surface area contributed by atoms with Gasteiger partial charge in [0, 0.05) is 18.2 Å². The van der Waals surface area contributed by atoms with Gasteiger partial charge in [-0.05, 0) is 12.5 Å². The first-order valence-electron chi connectivity index (χ1n) is 4.80. The van der Waals surface area contributed by atoms with E-state index in [0.29, 0.717) is 17.1 Å². The number of halogens is 1. The number of carbonyl (C=O) groups excluding carboxylic acids is 1. The summed E-state index contributed by atoms with van der Waals surface area (Å²) in [6, 6.07) is 1.33. The monoisotopic (exact) mass is 240 g/mol. The van der Waals surface area contributed by atoms with E-state index in [2.05, 4.69) is 4.98 Å². The highest BCUT2D eigenvalue weighted by atomic mass is 32.2. The van der Waals surface area contributed by atoms with E-state index in [-0.39, 0.29) is 5.12 Å². The molecule has 1 aromatic rings. The lowest BCUT2D eigenvalue weighted by atomic mass is 10.2. The minimum atomic E-state index is -0.410. The van der Waals surface area contributed by atoms with Gasteiger partial charge in [-0.3, -0.25) is 4.79 Å². The molecule has 86 valence electrons. The summed E-state index contributed by atoms with van der Waals surface area (Å²) in [5.41, 5.74) is 6.13. The third-order valence-corrected chi connectivity index (χ3v) is 2.65. The topological polar surface area (TPSA) is 56.0 Å². The average Bonchev–Trinajstić information content (AvgIpc) is 2.22. The molecule has 0 spiro atoms. The molecule has 1 rings (SSSR count). The van der Waals surface area contributed by atoms with Crippen molar-refractivity contribution in [3.8, 4) is 0 Å².